The third kappa shape index (κ3) is 7.60. The SMILES string of the molecule is CCCCCCC(=O)OCC(O)C(O)C(O)CO. The summed E-state index contributed by atoms with van der Waals surface area (Å²) in [5.41, 5.74) is 0. The van der Waals surface area contributed by atoms with E-state index < -0.39 is 30.9 Å². The van der Waals surface area contributed by atoms with Crippen LogP contribution in [0.2, 0.25) is 0 Å². The Hall–Kier alpha value is -0.690. The highest BCUT2D eigenvalue weighted by molar-refractivity contribution is 5.69. The van der Waals surface area contributed by atoms with Gasteiger partial charge in [-0.05, 0) is 6.42 Å². The second-order valence-corrected chi connectivity index (χ2v) is 4.30. The van der Waals surface area contributed by atoms with E-state index >= 15 is 0 Å². The second kappa shape index (κ2) is 10.3. The summed E-state index contributed by atoms with van der Waals surface area (Å²) in [6, 6.07) is 0. The van der Waals surface area contributed by atoms with Crippen molar-refractivity contribution < 1.29 is 30.0 Å². The van der Waals surface area contributed by atoms with Crippen molar-refractivity contribution in [2.45, 2.75) is 57.3 Å². The van der Waals surface area contributed by atoms with Crippen molar-refractivity contribution in [2.24, 2.45) is 0 Å². The molecule has 18 heavy (non-hydrogen) atoms. The standard InChI is InChI=1S/C12H24O6/c1-2-3-4-5-6-11(16)18-8-10(15)12(17)9(14)7-13/h9-10,12-15,17H,2-8H2,1H3. The van der Waals surface area contributed by atoms with Crippen LogP contribution < -0.4 is 0 Å². The predicted octanol–water partition coefficient (Wildman–Crippen LogP) is -0.425. The number of aliphatic hydroxyl groups excluding tert-OH is 4. The van der Waals surface area contributed by atoms with Crippen LogP contribution in [0.3, 0.4) is 0 Å². The zero-order valence-corrected chi connectivity index (χ0v) is 10.8. The van der Waals surface area contributed by atoms with E-state index in [1.165, 1.54) is 0 Å². The predicted molar refractivity (Wildman–Crippen MR) is 64.8 cm³/mol. The van der Waals surface area contributed by atoms with Crippen molar-refractivity contribution in [3.63, 3.8) is 0 Å². The molecule has 4 N–H and O–H groups in total. The van der Waals surface area contributed by atoms with Gasteiger partial charge in [0.05, 0.1) is 6.61 Å². The van der Waals surface area contributed by atoms with Gasteiger partial charge in [-0.15, -0.1) is 0 Å². The van der Waals surface area contributed by atoms with Gasteiger partial charge in [-0.25, -0.2) is 0 Å². The van der Waals surface area contributed by atoms with Crippen LogP contribution in [0.1, 0.15) is 39.0 Å². The number of carbonyl (C=O) groups excluding carboxylic acids is 1. The summed E-state index contributed by atoms with van der Waals surface area (Å²) < 4.78 is 4.76. The van der Waals surface area contributed by atoms with Gasteiger partial charge in [0.1, 0.15) is 24.9 Å². The summed E-state index contributed by atoms with van der Waals surface area (Å²) in [5, 5.41) is 36.3. The Morgan fingerprint density at radius 1 is 1.11 bits per heavy atom. The van der Waals surface area contributed by atoms with E-state index in [1.54, 1.807) is 0 Å². The number of hydrogen-bond acceptors (Lipinski definition) is 6. The van der Waals surface area contributed by atoms with E-state index in [9.17, 15) is 15.0 Å². The van der Waals surface area contributed by atoms with E-state index in [4.69, 9.17) is 14.9 Å². The number of rotatable bonds is 10. The van der Waals surface area contributed by atoms with Gasteiger partial charge in [0.15, 0.2) is 0 Å². The van der Waals surface area contributed by atoms with Crippen molar-refractivity contribution in [3.05, 3.63) is 0 Å². The molecule has 0 fully saturated rings. The topological polar surface area (TPSA) is 107 Å². The van der Waals surface area contributed by atoms with Crippen LogP contribution in [0.15, 0.2) is 0 Å². The Morgan fingerprint density at radius 2 is 1.78 bits per heavy atom. The Labute approximate surface area is 107 Å². The van der Waals surface area contributed by atoms with E-state index in [0.717, 1.165) is 25.7 Å². The zero-order valence-electron chi connectivity index (χ0n) is 10.8. The molecule has 0 aromatic rings. The molecule has 6 heteroatoms. The van der Waals surface area contributed by atoms with Crippen molar-refractivity contribution in [1.82, 2.24) is 0 Å². The molecule has 3 unspecified atom stereocenters. The smallest absolute Gasteiger partial charge is 0.305 e. The van der Waals surface area contributed by atoms with Gasteiger partial charge < -0.3 is 25.2 Å². The summed E-state index contributed by atoms with van der Waals surface area (Å²) in [6.45, 7) is 1.02. The normalized spacial score (nSPS) is 16.1. The average molecular weight is 264 g/mol. The molecule has 0 saturated heterocycles. The lowest BCUT2D eigenvalue weighted by Gasteiger charge is -2.21. The molecule has 0 saturated carbocycles. The maximum absolute atomic E-state index is 11.2. The molecular weight excluding hydrogens is 240 g/mol. The largest absolute Gasteiger partial charge is 0.463 e. The Kier molecular flexibility index (Phi) is 9.86. The second-order valence-electron chi connectivity index (χ2n) is 4.30. The van der Waals surface area contributed by atoms with E-state index in [1.807, 2.05) is 0 Å². The summed E-state index contributed by atoms with van der Waals surface area (Å²) in [5.74, 6) is -0.434. The van der Waals surface area contributed by atoms with Crippen LogP contribution in [0.25, 0.3) is 0 Å². The van der Waals surface area contributed by atoms with Crippen molar-refractivity contribution in [1.29, 1.82) is 0 Å². The maximum atomic E-state index is 11.2. The van der Waals surface area contributed by atoms with Gasteiger partial charge >= 0.3 is 5.97 Å². The average Bonchev–Trinajstić information content (AvgIpc) is 2.39. The molecule has 6 nitrogen and oxygen atoms in total. The van der Waals surface area contributed by atoms with E-state index in [2.05, 4.69) is 6.92 Å². The van der Waals surface area contributed by atoms with E-state index in [0.29, 0.717) is 0 Å². The van der Waals surface area contributed by atoms with Crippen LogP contribution in [-0.4, -0.2) is 57.9 Å². The van der Waals surface area contributed by atoms with Gasteiger partial charge in [0, 0.05) is 6.42 Å². The quantitative estimate of drug-likeness (QED) is 0.315. The first-order valence-electron chi connectivity index (χ1n) is 6.33. The highest BCUT2D eigenvalue weighted by Gasteiger charge is 2.25. The molecule has 0 amide bonds. The minimum absolute atomic E-state index is 0.283. The molecule has 0 heterocycles. The van der Waals surface area contributed by atoms with Gasteiger partial charge in [0.25, 0.3) is 0 Å². The fourth-order valence-electron chi connectivity index (χ4n) is 1.41. The lowest BCUT2D eigenvalue weighted by Crippen LogP contribution is -2.42. The molecule has 0 aliphatic heterocycles. The molecule has 108 valence electrons. The monoisotopic (exact) mass is 264 g/mol. The van der Waals surface area contributed by atoms with Gasteiger partial charge in [0.2, 0.25) is 0 Å². The third-order valence-electron chi connectivity index (χ3n) is 2.63. The fourth-order valence-corrected chi connectivity index (χ4v) is 1.41. The first-order valence-corrected chi connectivity index (χ1v) is 6.33. The minimum atomic E-state index is -1.53. The summed E-state index contributed by atoms with van der Waals surface area (Å²) >= 11 is 0. The molecular formula is C12H24O6. The first kappa shape index (κ1) is 17.3. The minimum Gasteiger partial charge on any atom is -0.463 e. The lowest BCUT2D eigenvalue weighted by atomic mass is 10.1. The molecule has 0 aliphatic rings. The van der Waals surface area contributed by atoms with Crippen molar-refractivity contribution in [2.75, 3.05) is 13.2 Å². The van der Waals surface area contributed by atoms with Gasteiger partial charge in [-0.1, -0.05) is 26.2 Å². The molecule has 0 rings (SSSR count). The highest BCUT2D eigenvalue weighted by Crippen LogP contribution is 2.05. The summed E-state index contributed by atoms with van der Waals surface area (Å²) in [6.07, 6.45) is -0.232. The highest BCUT2D eigenvalue weighted by atomic mass is 16.5. The molecule has 0 spiro atoms. The molecule has 0 radical (unpaired) electrons. The number of ether oxygens (including phenoxy) is 1. The molecule has 0 bridgehead atoms. The zero-order chi connectivity index (χ0) is 14.0. The Balaban J connectivity index is 3.70. The lowest BCUT2D eigenvalue weighted by molar-refractivity contribution is -0.152. The number of carbonyl (C=O) groups is 1. The maximum Gasteiger partial charge on any atom is 0.305 e. The van der Waals surface area contributed by atoms with Crippen LogP contribution in [0, 0.1) is 0 Å². The Bertz CT molecular complexity index is 221. The summed E-state index contributed by atoms with van der Waals surface area (Å²) in [4.78, 5) is 11.2. The molecule has 0 aliphatic carbocycles. The third-order valence-corrected chi connectivity index (χ3v) is 2.63. The number of hydrogen-bond donors (Lipinski definition) is 4. The molecule has 0 aromatic heterocycles. The fraction of sp³-hybridized carbons (Fsp3) is 0.917. The molecule has 3 atom stereocenters. The first-order chi connectivity index (χ1) is 8.52. The van der Waals surface area contributed by atoms with Crippen LogP contribution in [-0.2, 0) is 9.53 Å². The number of aliphatic hydroxyl groups is 4. The van der Waals surface area contributed by atoms with Crippen molar-refractivity contribution in [3.8, 4) is 0 Å². The number of unbranched alkanes of at least 4 members (excludes halogenated alkanes) is 3. The van der Waals surface area contributed by atoms with Gasteiger partial charge in [-0.3, -0.25) is 4.79 Å². The van der Waals surface area contributed by atoms with Crippen LogP contribution >= 0.6 is 0 Å². The van der Waals surface area contributed by atoms with Crippen molar-refractivity contribution >= 4 is 5.97 Å². The van der Waals surface area contributed by atoms with Crippen LogP contribution in [0.5, 0.6) is 0 Å². The Morgan fingerprint density at radius 3 is 2.33 bits per heavy atom. The van der Waals surface area contributed by atoms with E-state index in [-0.39, 0.29) is 13.0 Å². The summed E-state index contributed by atoms with van der Waals surface area (Å²) in [7, 11) is 0. The van der Waals surface area contributed by atoms with Crippen LogP contribution in [0.4, 0.5) is 0 Å². The number of esters is 1. The molecule has 0 aromatic carbocycles. The van der Waals surface area contributed by atoms with Gasteiger partial charge in [-0.2, -0.15) is 0 Å².